The number of amides is 2. The van der Waals surface area contributed by atoms with Crippen molar-refractivity contribution >= 4 is 17.8 Å². The van der Waals surface area contributed by atoms with Crippen LogP contribution in [0.1, 0.15) is 51.9 Å². The summed E-state index contributed by atoms with van der Waals surface area (Å²) < 4.78 is 5.16. The van der Waals surface area contributed by atoms with Crippen LogP contribution in [0, 0.1) is 5.92 Å². The smallest absolute Gasteiger partial charge is 0.305 e. The SMILES string of the molecule is CC1COC(=O)CCCC=CCC(CC(=O)N2CCCC2CO)C(=O)N1. The first-order chi connectivity index (χ1) is 12.5. The van der Waals surface area contributed by atoms with Gasteiger partial charge in [-0.3, -0.25) is 14.4 Å². The zero-order chi connectivity index (χ0) is 18.9. The zero-order valence-corrected chi connectivity index (χ0v) is 15.5. The fourth-order valence-electron chi connectivity index (χ4n) is 3.40. The molecule has 7 nitrogen and oxygen atoms in total. The summed E-state index contributed by atoms with van der Waals surface area (Å²) in [7, 11) is 0. The second kappa shape index (κ2) is 10.3. The van der Waals surface area contributed by atoms with Gasteiger partial charge in [-0.2, -0.15) is 0 Å². The minimum atomic E-state index is -0.461. The second-order valence-corrected chi connectivity index (χ2v) is 7.16. The molecule has 0 bridgehead atoms. The van der Waals surface area contributed by atoms with Gasteiger partial charge in [-0.1, -0.05) is 12.2 Å². The molecule has 2 rings (SSSR count). The largest absolute Gasteiger partial charge is 0.464 e. The van der Waals surface area contributed by atoms with Crippen LogP contribution in [-0.4, -0.2) is 59.6 Å². The summed E-state index contributed by atoms with van der Waals surface area (Å²) in [6.45, 7) is 2.52. The van der Waals surface area contributed by atoms with Crippen LogP contribution in [0.25, 0.3) is 0 Å². The van der Waals surface area contributed by atoms with Gasteiger partial charge in [-0.05, 0) is 39.0 Å². The fraction of sp³-hybridized carbons (Fsp3) is 0.737. The van der Waals surface area contributed by atoms with Crippen molar-refractivity contribution in [2.24, 2.45) is 5.92 Å². The molecule has 2 aliphatic rings. The van der Waals surface area contributed by atoms with Crippen LogP contribution in [0.15, 0.2) is 12.2 Å². The molecule has 146 valence electrons. The van der Waals surface area contributed by atoms with E-state index in [1.807, 2.05) is 12.2 Å². The number of carbonyl (C=O) groups excluding carboxylic acids is 3. The molecule has 0 aromatic rings. The molecule has 2 N–H and O–H groups in total. The summed E-state index contributed by atoms with van der Waals surface area (Å²) in [6.07, 6.45) is 7.98. The minimum Gasteiger partial charge on any atom is -0.464 e. The van der Waals surface area contributed by atoms with E-state index in [9.17, 15) is 19.5 Å². The van der Waals surface area contributed by atoms with Crippen LogP contribution in [-0.2, 0) is 19.1 Å². The fourth-order valence-corrected chi connectivity index (χ4v) is 3.40. The van der Waals surface area contributed by atoms with Crippen molar-refractivity contribution in [3.8, 4) is 0 Å². The van der Waals surface area contributed by atoms with Gasteiger partial charge in [0.05, 0.1) is 24.6 Å². The van der Waals surface area contributed by atoms with Crippen molar-refractivity contribution in [1.29, 1.82) is 0 Å². The summed E-state index contributed by atoms with van der Waals surface area (Å²) in [5.41, 5.74) is 0. The lowest BCUT2D eigenvalue weighted by Crippen LogP contribution is -2.43. The third-order valence-corrected chi connectivity index (χ3v) is 4.92. The second-order valence-electron chi connectivity index (χ2n) is 7.16. The molecule has 2 amide bonds. The van der Waals surface area contributed by atoms with Crippen LogP contribution < -0.4 is 5.32 Å². The zero-order valence-electron chi connectivity index (χ0n) is 15.5. The Kier molecular flexibility index (Phi) is 8.09. The van der Waals surface area contributed by atoms with Crippen molar-refractivity contribution in [1.82, 2.24) is 10.2 Å². The average Bonchev–Trinajstić information content (AvgIpc) is 3.09. The topological polar surface area (TPSA) is 95.9 Å². The lowest BCUT2D eigenvalue weighted by atomic mass is 9.98. The molecule has 1 saturated heterocycles. The van der Waals surface area contributed by atoms with Crippen LogP contribution >= 0.6 is 0 Å². The van der Waals surface area contributed by atoms with E-state index in [1.54, 1.807) is 11.8 Å². The summed E-state index contributed by atoms with van der Waals surface area (Å²) in [5.74, 6) is -1.00. The number of rotatable bonds is 3. The molecule has 0 aromatic heterocycles. The first-order valence-electron chi connectivity index (χ1n) is 9.52. The Morgan fingerprint density at radius 2 is 2.15 bits per heavy atom. The van der Waals surface area contributed by atoms with E-state index in [0.717, 1.165) is 19.3 Å². The van der Waals surface area contributed by atoms with Gasteiger partial charge in [-0.25, -0.2) is 0 Å². The quantitative estimate of drug-likeness (QED) is 0.577. The van der Waals surface area contributed by atoms with Crippen molar-refractivity contribution in [2.75, 3.05) is 19.8 Å². The molecule has 3 unspecified atom stereocenters. The van der Waals surface area contributed by atoms with E-state index >= 15 is 0 Å². The van der Waals surface area contributed by atoms with E-state index in [-0.39, 0.29) is 49.5 Å². The van der Waals surface area contributed by atoms with Gasteiger partial charge in [0.15, 0.2) is 0 Å². The number of hydrogen-bond acceptors (Lipinski definition) is 5. The number of aliphatic hydroxyl groups excluding tert-OH is 1. The molecule has 0 radical (unpaired) electrons. The standard InChI is InChI=1S/C19H30N2O5/c1-14-13-26-18(24)9-5-3-2-4-7-15(19(25)20-14)11-17(23)21-10-6-8-16(21)12-22/h2,4,14-16,22H,3,5-13H2,1H3,(H,20,25). The number of ether oxygens (including phenoxy) is 1. The van der Waals surface area contributed by atoms with Gasteiger partial charge in [0.25, 0.3) is 0 Å². The maximum absolute atomic E-state index is 12.6. The van der Waals surface area contributed by atoms with Gasteiger partial charge >= 0.3 is 5.97 Å². The van der Waals surface area contributed by atoms with Crippen molar-refractivity contribution in [3.63, 3.8) is 0 Å². The van der Waals surface area contributed by atoms with Crippen molar-refractivity contribution < 1.29 is 24.2 Å². The third-order valence-electron chi connectivity index (χ3n) is 4.92. The number of aliphatic hydroxyl groups is 1. The molecule has 2 aliphatic heterocycles. The molecule has 0 aromatic carbocycles. The lowest BCUT2D eigenvalue weighted by Gasteiger charge is -2.25. The van der Waals surface area contributed by atoms with E-state index < -0.39 is 5.92 Å². The number of nitrogens with one attached hydrogen (secondary N) is 1. The Morgan fingerprint density at radius 1 is 1.35 bits per heavy atom. The molecule has 0 saturated carbocycles. The molecule has 7 heteroatoms. The van der Waals surface area contributed by atoms with Gasteiger partial charge in [0, 0.05) is 19.4 Å². The highest BCUT2D eigenvalue weighted by molar-refractivity contribution is 5.86. The van der Waals surface area contributed by atoms with Crippen LogP contribution in [0.4, 0.5) is 0 Å². The number of esters is 1. The van der Waals surface area contributed by atoms with E-state index in [2.05, 4.69) is 5.32 Å². The maximum atomic E-state index is 12.6. The van der Waals surface area contributed by atoms with E-state index in [1.165, 1.54) is 0 Å². The average molecular weight is 366 g/mol. The highest BCUT2D eigenvalue weighted by Gasteiger charge is 2.31. The highest BCUT2D eigenvalue weighted by atomic mass is 16.5. The summed E-state index contributed by atoms with van der Waals surface area (Å²) in [6, 6.07) is -0.431. The first kappa shape index (κ1) is 20.4. The number of nitrogens with zero attached hydrogens (tertiary/aromatic N) is 1. The Morgan fingerprint density at radius 3 is 2.92 bits per heavy atom. The van der Waals surface area contributed by atoms with Crippen LogP contribution in [0.2, 0.25) is 0 Å². The molecule has 2 heterocycles. The summed E-state index contributed by atoms with van der Waals surface area (Å²) in [5, 5.41) is 12.2. The lowest BCUT2D eigenvalue weighted by molar-refractivity contribution is -0.145. The van der Waals surface area contributed by atoms with Gasteiger partial charge in [0.2, 0.25) is 11.8 Å². The van der Waals surface area contributed by atoms with Crippen molar-refractivity contribution in [3.05, 3.63) is 12.2 Å². The van der Waals surface area contributed by atoms with Crippen LogP contribution in [0.3, 0.4) is 0 Å². The van der Waals surface area contributed by atoms with Gasteiger partial charge in [0.1, 0.15) is 6.61 Å². The third kappa shape index (κ3) is 6.12. The monoisotopic (exact) mass is 366 g/mol. The number of likely N-dealkylation sites (tertiary alicyclic amines) is 1. The summed E-state index contributed by atoms with van der Waals surface area (Å²) in [4.78, 5) is 38.5. The molecular weight excluding hydrogens is 336 g/mol. The molecule has 0 aliphatic carbocycles. The molecule has 0 spiro atoms. The maximum Gasteiger partial charge on any atom is 0.305 e. The van der Waals surface area contributed by atoms with E-state index in [0.29, 0.717) is 25.8 Å². The Bertz CT molecular complexity index is 534. The predicted octanol–water partition coefficient (Wildman–Crippen LogP) is 1.15. The Labute approximate surface area is 154 Å². The number of carbonyl (C=O) groups is 3. The molecular formula is C19H30N2O5. The Balaban J connectivity index is 2.01. The van der Waals surface area contributed by atoms with Crippen LogP contribution in [0.5, 0.6) is 0 Å². The van der Waals surface area contributed by atoms with Crippen molar-refractivity contribution in [2.45, 2.75) is 64.0 Å². The van der Waals surface area contributed by atoms with E-state index in [4.69, 9.17) is 4.74 Å². The molecule has 3 atom stereocenters. The normalized spacial score (nSPS) is 28.5. The molecule has 26 heavy (non-hydrogen) atoms. The predicted molar refractivity (Wildman–Crippen MR) is 96.1 cm³/mol. The first-order valence-corrected chi connectivity index (χ1v) is 9.52. The number of cyclic esters (lactones) is 1. The molecule has 1 fully saturated rings. The van der Waals surface area contributed by atoms with Gasteiger partial charge < -0.3 is 20.1 Å². The number of allylic oxidation sites excluding steroid dienone is 2. The summed E-state index contributed by atoms with van der Waals surface area (Å²) >= 11 is 0. The highest BCUT2D eigenvalue weighted by Crippen LogP contribution is 2.21. The Hall–Kier alpha value is -1.89. The van der Waals surface area contributed by atoms with Gasteiger partial charge in [-0.15, -0.1) is 0 Å². The number of hydrogen-bond donors (Lipinski definition) is 2. The minimum absolute atomic E-state index is 0.0368.